The maximum absolute atomic E-state index is 14.1. The van der Waals surface area contributed by atoms with E-state index >= 15 is 0 Å². The Kier molecular flexibility index (Phi) is 4.99. The van der Waals surface area contributed by atoms with Gasteiger partial charge in [-0.3, -0.25) is 0 Å². The van der Waals surface area contributed by atoms with Crippen molar-refractivity contribution in [3.05, 3.63) is 34.6 Å². The van der Waals surface area contributed by atoms with Gasteiger partial charge in [0.15, 0.2) is 0 Å². The van der Waals surface area contributed by atoms with Crippen molar-refractivity contribution in [1.29, 1.82) is 0 Å². The van der Waals surface area contributed by atoms with Gasteiger partial charge in [-0.25, -0.2) is 4.39 Å². The second-order valence-electron chi connectivity index (χ2n) is 7.76. The van der Waals surface area contributed by atoms with Gasteiger partial charge in [-0.1, -0.05) is 38.4 Å². The van der Waals surface area contributed by atoms with Crippen molar-refractivity contribution in [3.8, 4) is 0 Å². The Hall–Kier alpha value is -0.600. The molecule has 0 heterocycles. The van der Waals surface area contributed by atoms with Crippen LogP contribution in [0.1, 0.15) is 52.0 Å². The number of nitrogens with two attached hydrogens (primary N) is 1. The minimum Gasteiger partial charge on any atom is -0.330 e. The molecule has 3 heteroatoms. The first-order chi connectivity index (χ1) is 9.76. The van der Waals surface area contributed by atoms with E-state index in [2.05, 4.69) is 20.8 Å². The van der Waals surface area contributed by atoms with E-state index in [0.29, 0.717) is 17.0 Å². The highest BCUT2D eigenvalue weighted by Gasteiger charge is 2.38. The molecule has 2 rings (SSSR count). The van der Waals surface area contributed by atoms with Gasteiger partial charge in [0.25, 0.3) is 0 Å². The fraction of sp³-hybridized carbons (Fsp3) is 0.667. The summed E-state index contributed by atoms with van der Waals surface area (Å²) in [4.78, 5) is 0. The van der Waals surface area contributed by atoms with Crippen molar-refractivity contribution in [2.75, 3.05) is 6.54 Å². The highest BCUT2D eigenvalue weighted by Crippen LogP contribution is 2.46. The highest BCUT2D eigenvalue weighted by molar-refractivity contribution is 6.30. The van der Waals surface area contributed by atoms with E-state index in [1.807, 2.05) is 6.07 Å². The van der Waals surface area contributed by atoms with Crippen molar-refractivity contribution in [2.24, 2.45) is 22.5 Å². The zero-order valence-electron chi connectivity index (χ0n) is 13.4. The van der Waals surface area contributed by atoms with Gasteiger partial charge in [0.05, 0.1) is 0 Å². The third-order valence-corrected chi connectivity index (χ3v) is 5.52. The predicted octanol–water partition coefficient (Wildman–Crippen LogP) is 5.20. The summed E-state index contributed by atoms with van der Waals surface area (Å²) in [6.45, 7) is 7.57. The molecule has 0 amide bonds. The third kappa shape index (κ3) is 3.98. The molecule has 1 aliphatic carbocycles. The van der Waals surface area contributed by atoms with E-state index < -0.39 is 0 Å². The highest BCUT2D eigenvalue weighted by atomic mass is 35.5. The summed E-state index contributed by atoms with van der Waals surface area (Å²) in [5, 5.41) is 0.453. The lowest BCUT2D eigenvalue weighted by molar-refractivity contribution is 0.0920. The summed E-state index contributed by atoms with van der Waals surface area (Å²) < 4.78 is 14.1. The Balaban J connectivity index is 2.10. The van der Waals surface area contributed by atoms with Crippen molar-refractivity contribution in [3.63, 3.8) is 0 Å². The zero-order chi connectivity index (χ0) is 15.7. The molecule has 0 saturated heterocycles. The summed E-state index contributed by atoms with van der Waals surface area (Å²) in [5.41, 5.74) is 7.23. The Morgan fingerprint density at radius 2 is 1.90 bits per heavy atom. The maximum Gasteiger partial charge on any atom is 0.127 e. The van der Waals surface area contributed by atoms with E-state index in [1.54, 1.807) is 6.07 Å². The first-order valence-corrected chi connectivity index (χ1v) is 8.28. The van der Waals surface area contributed by atoms with Crippen LogP contribution in [0, 0.1) is 22.6 Å². The molecule has 0 bridgehead atoms. The number of hydrogen-bond donors (Lipinski definition) is 1. The summed E-state index contributed by atoms with van der Waals surface area (Å²) in [6.07, 6.45) is 5.29. The second kappa shape index (κ2) is 6.26. The van der Waals surface area contributed by atoms with E-state index in [9.17, 15) is 4.39 Å². The fourth-order valence-electron chi connectivity index (χ4n) is 3.62. The molecule has 2 N–H and O–H groups in total. The van der Waals surface area contributed by atoms with Crippen LogP contribution in [0.4, 0.5) is 4.39 Å². The van der Waals surface area contributed by atoms with Crippen LogP contribution in [0.25, 0.3) is 0 Å². The SMILES string of the molecule is CC(C)(C)C1CCC(CN)(Cc2ccc(Cl)cc2F)CC1. The smallest absolute Gasteiger partial charge is 0.127 e. The molecule has 1 saturated carbocycles. The molecule has 1 aliphatic rings. The molecule has 21 heavy (non-hydrogen) atoms. The average molecular weight is 312 g/mol. The Labute approximate surface area is 133 Å². The summed E-state index contributed by atoms with van der Waals surface area (Å²) >= 11 is 5.83. The summed E-state index contributed by atoms with van der Waals surface area (Å²) in [6, 6.07) is 4.98. The normalized spacial score (nSPS) is 26.9. The van der Waals surface area contributed by atoms with Gasteiger partial charge >= 0.3 is 0 Å². The molecular formula is C18H27ClFN. The largest absolute Gasteiger partial charge is 0.330 e. The second-order valence-corrected chi connectivity index (χ2v) is 8.19. The monoisotopic (exact) mass is 311 g/mol. The van der Waals surface area contributed by atoms with Crippen molar-refractivity contribution < 1.29 is 4.39 Å². The van der Waals surface area contributed by atoms with Gasteiger partial charge < -0.3 is 5.73 Å². The maximum atomic E-state index is 14.1. The quantitative estimate of drug-likeness (QED) is 0.815. The lowest BCUT2D eigenvalue weighted by atomic mass is 9.62. The van der Waals surface area contributed by atoms with E-state index in [1.165, 1.54) is 18.9 Å². The van der Waals surface area contributed by atoms with Crippen molar-refractivity contribution in [2.45, 2.75) is 52.9 Å². The van der Waals surface area contributed by atoms with Gasteiger partial charge in [-0.2, -0.15) is 0 Å². The molecule has 118 valence electrons. The number of hydrogen-bond acceptors (Lipinski definition) is 1. The minimum absolute atomic E-state index is 0.0520. The first-order valence-electron chi connectivity index (χ1n) is 7.90. The van der Waals surface area contributed by atoms with E-state index in [4.69, 9.17) is 17.3 Å². The van der Waals surface area contributed by atoms with Crippen LogP contribution in [-0.4, -0.2) is 6.54 Å². The van der Waals surface area contributed by atoms with Crippen LogP contribution in [0.5, 0.6) is 0 Å². The topological polar surface area (TPSA) is 26.0 Å². The Morgan fingerprint density at radius 1 is 1.29 bits per heavy atom. The average Bonchev–Trinajstić information content (AvgIpc) is 2.41. The van der Waals surface area contributed by atoms with Crippen LogP contribution in [-0.2, 0) is 6.42 Å². The molecule has 1 aromatic carbocycles. The molecule has 0 aromatic heterocycles. The molecule has 0 atom stereocenters. The Morgan fingerprint density at radius 3 is 2.38 bits per heavy atom. The number of benzene rings is 1. The molecule has 1 aromatic rings. The van der Waals surface area contributed by atoms with Crippen LogP contribution in [0.3, 0.4) is 0 Å². The molecule has 0 unspecified atom stereocenters. The van der Waals surface area contributed by atoms with Gasteiger partial charge in [0, 0.05) is 5.02 Å². The molecule has 0 radical (unpaired) electrons. The lowest BCUT2D eigenvalue weighted by Crippen LogP contribution is -2.39. The predicted molar refractivity (Wildman–Crippen MR) is 88.0 cm³/mol. The standard InChI is InChI=1S/C18H27ClFN/c1-17(2,3)14-6-8-18(12-21,9-7-14)11-13-4-5-15(19)10-16(13)20/h4-5,10,14H,6-9,11-12,21H2,1-3H3. The van der Waals surface area contributed by atoms with E-state index in [-0.39, 0.29) is 11.2 Å². The van der Waals surface area contributed by atoms with Gasteiger partial charge in [0.2, 0.25) is 0 Å². The molecule has 1 nitrogen and oxygen atoms in total. The van der Waals surface area contributed by atoms with Crippen LogP contribution in [0.15, 0.2) is 18.2 Å². The molecule has 0 aliphatic heterocycles. The van der Waals surface area contributed by atoms with Gasteiger partial charge in [0.1, 0.15) is 5.82 Å². The van der Waals surface area contributed by atoms with Crippen molar-refractivity contribution >= 4 is 11.6 Å². The first kappa shape index (κ1) is 16.8. The van der Waals surface area contributed by atoms with Crippen molar-refractivity contribution in [1.82, 2.24) is 0 Å². The van der Waals surface area contributed by atoms with Gasteiger partial charge in [-0.05, 0) is 73.1 Å². The third-order valence-electron chi connectivity index (χ3n) is 5.28. The molecule has 0 spiro atoms. The summed E-state index contributed by atoms with van der Waals surface area (Å²) in [5.74, 6) is 0.542. The van der Waals surface area contributed by atoms with Gasteiger partial charge in [-0.15, -0.1) is 0 Å². The van der Waals surface area contributed by atoms with Crippen LogP contribution < -0.4 is 5.73 Å². The number of halogens is 2. The van der Waals surface area contributed by atoms with Crippen LogP contribution in [0.2, 0.25) is 5.02 Å². The fourth-order valence-corrected chi connectivity index (χ4v) is 3.78. The summed E-state index contributed by atoms with van der Waals surface area (Å²) in [7, 11) is 0. The minimum atomic E-state index is -0.201. The molecule has 1 fully saturated rings. The number of rotatable bonds is 3. The molecular weight excluding hydrogens is 285 g/mol. The zero-order valence-corrected chi connectivity index (χ0v) is 14.1. The Bertz CT molecular complexity index is 484. The van der Waals surface area contributed by atoms with Crippen LogP contribution >= 0.6 is 11.6 Å². The van der Waals surface area contributed by atoms with E-state index in [0.717, 1.165) is 30.7 Å². The lowest BCUT2D eigenvalue weighted by Gasteiger charge is -2.44.